The van der Waals surface area contributed by atoms with Gasteiger partial charge in [-0.2, -0.15) is 0 Å². The first-order valence-corrected chi connectivity index (χ1v) is 5.05. The van der Waals surface area contributed by atoms with Gasteiger partial charge in [-0.15, -0.1) is 11.3 Å². The van der Waals surface area contributed by atoms with Crippen LogP contribution in [0, 0.1) is 0 Å². The van der Waals surface area contributed by atoms with Crippen LogP contribution in [-0.2, 0) is 0 Å². The molecule has 1 fully saturated rings. The minimum absolute atomic E-state index is 0.335. The van der Waals surface area contributed by atoms with E-state index in [0.717, 1.165) is 17.8 Å². The molecule has 0 amide bonds. The number of nitrogens with two attached hydrogens (primary N) is 1. The van der Waals surface area contributed by atoms with Gasteiger partial charge in [0.15, 0.2) is 0 Å². The van der Waals surface area contributed by atoms with Crippen LogP contribution in [0.4, 0.5) is 8.78 Å². The Morgan fingerprint density at radius 3 is 2.77 bits per heavy atom. The zero-order chi connectivity index (χ0) is 9.42. The minimum Gasteiger partial charge on any atom is -0.318 e. The Hall–Kier alpha value is -0.550. The van der Waals surface area contributed by atoms with Crippen LogP contribution in [0.1, 0.15) is 35.5 Å². The van der Waals surface area contributed by atoms with Gasteiger partial charge in [0.2, 0.25) is 0 Å². The van der Waals surface area contributed by atoms with Gasteiger partial charge in [-0.1, -0.05) is 0 Å². The molecule has 0 bridgehead atoms. The van der Waals surface area contributed by atoms with Crippen molar-refractivity contribution in [2.24, 2.45) is 5.73 Å². The standard InChI is InChI=1S/C8H10F2N2S/c9-7(10)6(11)5-3-13-8(12-5)4-1-2-4/h3-4,6-7H,1-2,11H2. The number of halogens is 2. The van der Waals surface area contributed by atoms with E-state index in [9.17, 15) is 8.78 Å². The molecule has 1 aliphatic rings. The third-order valence-corrected chi connectivity index (χ3v) is 3.10. The van der Waals surface area contributed by atoms with E-state index in [4.69, 9.17) is 5.73 Å². The second kappa shape index (κ2) is 3.31. The van der Waals surface area contributed by atoms with Crippen molar-refractivity contribution < 1.29 is 8.78 Å². The minimum atomic E-state index is -2.52. The molecule has 2 rings (SSSR count). The van der Waals surface area contributed by atoms with Crippen molar-refractivity contribution in [3.05, 3.63) is 16.1 Å². The fourth-order valence-electron chi connectivity index (χ4n) is 1.10. The van der Waals surface area contributed by atoms with Gasteiger partial charge in [0.05, 0.1) is 10.7 Å². The Labute approximate surface area is 78.8 Å². The molecule has 0 aliphatic heterocycles. The molecule has 5 heteroatoms. The van der Waals surface area contributed by atoms with Crippen LogP contribution < -0.4 is 5.73 Å². The summed E-state index contributed by atoms with van der Waals surface area (Å²) < 4.78 is 24.4. The molecule has 1 aromatic rings. The first kappa shape index (κ1) is 9.02. The van der Waals surface area contributed by atoms with Crippen LogP contribution in [0.3, 0.4) is 0 Å². The average molecular weight is 204 g/mol. The van der Waals surface area contributed by atoms with Crippen LogP contribution in [-0.4, -0.2) is 11.4 Å². The van der Waals surface area contributed by atoms with Crippen molar-refractivity contribution in [3.8, 4) is 0 Å². The molecule has 0 spiro atoms. The summed E-state index contributed by atoms with van der Waals surface area (Å²) in [6.45, 7) is 0. The number of hydrogen-bond donors (Lipinski definition) is 1. The third-order valence-electron chi connectivity index (χ3n) is 2.08. The maximum atomic E-state index is 12.2. The largest absolute Gasteiger partial charge is 0.318 e. The Morgan fingerprint density at radius 2 is 2.23 bits per heavy atom. The molecule has 2 N–H and O–H groups in total. The fraction of sp³-hybridized carbons (Fsp3) is 0.625. The van der Waals surface area contributed by atoms with Gasteiger partial charge in [-0.05, 0) is 12.8 Å². The summed E-state index contributed by atoms with van der Waals surface area (Å²) in [6, 6.07) is -1.22. The average Bonchev–Trinajstić information content (AvgIpc) is 2.83. The number of nitrogens with zero attached hydrogens (tertiary/aromatic N) is 1. The van der Waals surface area contributed by atoms with E-state index in [1.165, 1.54) is 11.3 Å². The zero-order valence-corrected chi connectivity index (χ0v) is 7.73. The second-order valence-corrected chi connectivity index (χ2v) is 4.13. The van der Waals surface area contributed by atoms with E-state index in [0.29, 0.717) is 11.6 Å². The van der Waals surface area contributed by atoms with Gasteiger partial charge >= 0.3 is 0 Å². The van der Waals surface area contributed by atoms with Crippen molar-refractivity contribution in [3.63, 3.8) is 0 Å². The Kier molecular flexibility index (Phi) is 2.29. The molecule has 1 unspecified atom stereocenters. The van der Waals surface area contributed by atoms with Crippen LogP contribution in [0.2, 0.25) is 0 Å². The Balaban J connectivity index is 2.11. The summed E-state index contributed by atoms with van der Waals surface area (Å²) in [5, 5.41) is 2.61. The van der Waals surface area contributed by atoms with Gasteiger partial charge in [0.1, 0.15) is 6.04 Å². The molecule has 0 aromatic carbocycles. The number of aromatic nitrogens is 1. The van der Waals surface area contributed by atoms with Crippen LogP contribution in [0.15, 0.2) is 5.38 Å². The molecule has 1 heterocycles. The summed E-state index contributed by atoms with van der Waals surface area (Å²) in [5.74, 6) is 0.517. The van der Waals surface area contributed by atoms with Crippen molar-refractivity contribution in [2.75, 3.05) is 0 Å². The molecular formula is C8H10F2N2S. The smallest absolute Gasteiger partial charge is 0.259 e. The van der Waals surface area contributed by atoms with E-state index in [1.807, 2.05) is 0 Å². The van der Waals surface area contributed by atoms with Gasteiger partial charge in [-0.25, -0.2) is 13.8 Å². The van der Waals surface area contributed by atoms with Gasteiger partial charge in [-0.3, -0.25) is 0 Å². The van der Waals surface area contributed by atoms with Crippen molar-refractivity contribution in [1.29, 1.82) is 0 Å². The van der Waals surface area contributed by atoms with Gasteiger partial charge in [0.25, 0.3) is 6.43 Å². The van der Waals surface area contributed by atoms with E-state index in [-0.39, 0.29) is 0 Å². The van der Waals surface area contributed by atoms with Crippen molar-refractivity contribution >= 4 is 11.3 Å². The highest BCUT2D eigenvalue weighted by atomic mass is 32.1. The number of thiazole rings is 1. The molecule has 1 aliphatic carbocycles. The molecular weight excluding hydrogens is 194 g/mol. The molecule has 1 aromatic heterocycles. The molecule has 1 saturated carbocycles. The van der Waals surface area contributed by atoms with E-state index < -0.39 is 12.5 Å². The Morgan fingerprint density at radius 1 is 1.54 bits per heavy atom. The van der Waals surface area contributed by atoms with Gasteiger partial charge in [0, 0.05) is 11.3 Å². The van der Waals surface area contributed by atoms with Crippen molar-refractivity contribution in [1.82, 2.24) is 4.98 Å². The van der Waals surface area contributed by atoms with E-state index in [1.54, 1.807) is 5.38 Å². The van der Waals surface area contributed by atoms with Crippen LogP contribution in [0.25, 0.3) is 0 Å². The molecule has 13 heavy (non-hydrogen) atoms. The monoisotopic (exact) mass is 204 g/mol. The Bertz CT molecular complexity index is 296. The molecule has 0 saturated heterocycles. The molecule has 0 radical (unpaired) electrons. The summed E-state index contributed by atoms with van der Waals surface area (Å²) >= 11 is 1.44. The maximum Gasteiger partial charge on any atom is 0.259 e. The fourth-order valence-corrected chi connectivity index (χ4v) is 2.14. The SMILES string of the molecule is NC(c1csc(C2CC2)n1)C(F)F. The number of rotatable bonds is 3. The van der Waals surface area contributed by atoms with Crippen LogP contribution in [0.5, 0.6) is 0 Å². The maximum absolute atomic E-state index is 12.2. The molecule has 72 valence electrons. The highest BCUT2D eigenvalue weighted by molar-refractivity contribution is 7.09. The number of alkyl halides is 2. The summed E-state index contributed by atoms with van der Waals surface area (Å²) in [4.78, 5) is 4.11. The first-order valence-electron chi connectivity index (χ1n) is 4.17. The summed E-state index contributed by atoms with van der Waals surface area (Å²) in [5.41, 5.74) is 5.60. The third kappa shape index (κ3) is 1.86. The second-order valence-electron chi connectivity index (χ2n) is 3.25. The lowest BCUT2D eigenvalue weighted by atomic mass is 10.2. The lowest BCUT2D eigenvalue weighted by Crippen LogP contribution is -2.19. The molecule has 2 nitrogen and oxygen atoms in total. The lowest BCUT2D eigenvalue weighted by molar-refractivity contribution is 0.115. The van der Waals surface area contributed by atoms with Crippen molar-refractivity contribution in [2.45, 2.75) is 31.2 Å². The predicted octanol–water partition coefficient (Wildman–Crippen LogP) is 2.29. The lowest BCUT2D eigenvalue weighted by Gasteiger charge is -2.05. The highest BCUT2D eigenvalue weighted by Crippen LogP contribution is 2.41. The normalized spacial score (nSPS) is 19.4. The molecule has 1 atom stereocenters. The zero-order valence-electron chi connectivity index (χ0n) is 6.91. The number of hydrogen-bond acceptors (Lipinski definition) is 3. The van der Waals surface area contributed by atoms with E-state index in [2.05, 4.69) is 4.98 Å². The van der Waals surface area contributed by atoms with Crippen LogP contribution >= 0.6 is 11.3 Å². The topological polar surface area (TPSA) is 38.9 Å². The predicted molar refractivity (Wildman–Crippen MR) is 47.0 cm³/mol. The van der Waals surface area contributed by atoms with E-state index >= 15 is 0 Å². The highest BCUT2D eigenvalue weighted by Gasteiger charge is 2.28. The first-order chi connectivity index (χ1) is 6.18. The quantitative estimate of drug-likeness (QED) is 0.820. The van der Waals surface area contributed by atoms with Gasteiger partial charge < -0.3 is 5.73 Å². The summed E-state index contributed by atoms with van der Waals surface area (Å²) in [6.07, 6.45) is -0.248. The summed E-state index contributed by atoms with van der Waals surface area (Å²) in [7, 11) is 0.